The maximum Gasteiger partial charge on any atom is 0.361 e. The first-order valence-corrected chi connectivity index (χ1v) is 8.64. The first-order valence-electron chi connectivity index (χ1n) is 8.64. The lowest BCUT2D eigenvalue weighted by atomic mass is 9.55. The van der Waals surface area contributed by atoms with Gasteiger partial charge in [0.25, 0.3) is 0 Å². The highest BCUT2D eigenvalue weighted by atomic mass is 16.4. The van der Waals surface area contributed by atoms with Gasteiger partial charge in [0.1, 0.15) is 0 Å². The minimum Gasteiger partial charge on any atom is -0.426 e. The summed E-state index contributed by atoms with van der Waals surface area (Å²) in [6.45, 7) is 0.930. The highest BCUT2D eigenvalue weighted by Gasteiger charge is 2.21. The first kappa shape index (κ1) is 15.9. The summed E-state index contributed by atoms with van der Waals surface area (Å²) < 4.78 is 6.14. The lowest BCUT2D eigenvalue weighted by Gasteiger charge is -2.16. The molecule has 4 aromatic carbocycles. The Kier molecular flexibility index (Phi) is 4.51. The second-order valence-corrected chi connectivity index (χ2v) is 6.25. The van der Waals surface area contributed by atoms with Crippen molar-refractivity contribution in [1.29, 1.82) is 0 Å². The van der Waals surface area contributed by atoms with Gasteiger partial charge in [-0.15, -0.1) is 0 Å². The van der Waals surface area contributed by atoms with Crippen LogP contribution in [0.2, 0.25) is 0 Å². The molecule has 0 aromatic heterocycles. The lowest BCUT2D eigenvalue weighted by Crippen LogP contribution is -2.45. The molecule has 25 heavy (non-hydrogen) atoms. The molecule has 4 aromatic rings. The molecule has 0 aliphatic carbocycles. The molecule has 0 amide bonds. The van der Waals surface area contributed by atoms with E-state index in [1.54, 1.807) is 0 Å². The van der Waals surface area contributed by atoms with Crippen LogP contribution in [0.4, 0.5) is 0 Å². The summed E-state index contributed by atoms with van der Waals surface area (Å²) in [6.07, 6.45) is 0. The second kappa shape index (κ2) is 7.10. The Morgan fingerprint density at radius 3 is 1.60 bits per heavy atom. The number of hydrogen-bond acceptors (Lipinski definition) is 2. The van der Waals surface area contributed by atoms with Crippen molar-refractivity contribution in [3.8, 4) is 0 Å². The molecule has 122 valence electrons. The van der Waals surface area contributed by atoms with E-state index in [2.05, 4.69) is 84.9 Å². The van der Waals surface area contributed by atoms with Crippen LogP contribution in [-0.2, 0) is 4.65 Å². The Labute approximate surface area is 148 Å². The third-order valence-electron chi connectivity index (χ3n) is 4.55. The van der Waals surface area contributed by atoms with Gasteiger partial charge in [-0.3, -0.25) is 0 Å². The van der Waals surface area contributed by atoms with Crippen molar-refractivity contribution in [2.24, 2.45) is 5.73 Å². The first-order chi connectivity index (χ1) is 12.3. The van der Waals surface area contributed by atoms with Gasteiger partial charge in [-0.25, -0.2) is 0 Å². The van der Waals surface area contributed by atoms with Crippen molar-refractivity contribution in [1.82, 2.24) is 0 Å². The smallest absolute Gasteiger partial charge is 0.361 e. The van der Waals surface area contributed by atoms with Crippen LogP contribution >= 0.6 is 0 Å². The highest BCUT2D eigenvalue weighted by Crippen LogP contribution is 2.14. The van der Waals surface area contributed by atoms with Gasteiger partial charge in [-0.1, -0.05) is 84.9 Å². The van der Waals surface area contributed by atoms with E-state index in [9.17, 15) is 0 Å². The maximum atomic E-state index is 6.14. The molecule has 4 rings (SSSR count). The predicted octanol–water partition coefficient (Wildman–Crippen LogP) is 3.07. The zero-order valence-electron chi connectivity index (χ0n) is 14.1. The lowest BCUT2D eigenvalue weighted by molar-refractivity contribution is 0.345. The Morgan fingerprint density at radius 1 is 0.640 bits per heavy atom. The summed E-state index contributed by atoms with van der Waals surface area (Å²) in [7, 11) is 0. The molecule has 0 heterocycles. The summed E-state index contributed by atoms with van der Waals surface area (Å²) in [4.78, 5) is 0. The largest absolute Gasteiger partial charge is 0.426 e. The third-order valence-corrected chi connectivity index (χ3v) is 4.55. The van der Waals surface area contributed by atoms with Gasteiger partial charge in [-0.05, 0) is 32.5 Å². The minimum absolute atomic E-state index is 0.113. The topological polar surface area (TPSA) is 35.2 Å². The normalized spacial score (nSPS) is 11.1. The van der Waals surface area contributed by atoms with Crippen LogP contribution in [0.1, 0.15) is 0 Å². The van der Waals surface area contributed by atoms with E-state index in [0.717, 1.165) is 10.9 Å². The molecule has 0 bridgehead atoms. The zero-order valence-corrected chi connectivity index (χ0v) is 14.1. The summed E-state index contributed by atoms with van der Waals surface area (Å²) in [5.74, 6) is 0. The van der Waals surface area contributed by atoms with Gasteiger partial charge in [0.05, 0.1) is 0 Å². The monoisotopic (exact) mass is 325 g/mol. The van der Waals surface area contributed by atoms with Crippen molar-refractivity contribution >= 4 is 39.4 Å². The number of rotatable bonds is 5. The fraction of sp³-hybridized carbons (Fsp3) is 0.0909. The Balaban J connectivity index is 1.79. The van der Waals surface area contributed by atoms with Gasteiger partial charge < -0.3 is 10.4 Å². The molecule has 2 N–H and O–H groups in total. The molecular weight excluding hydrogens is 305 g/mol. The Morgan fingerprint density at radius 2 is 1.12 bits per heavy atom. The van der Waals surface area contributed by atoms with Gasteiger partial charge in [-0.2, -0.15) is 0 Å². The van der Waals surface area contributed by atoms with Crippen LogP contribution in [0, 0.1) is 0 Å². The SMILES string of the molecule is NCCOB(c1ccc2ccccc2c1)c1ccc2ccccc2c1. The fourth-order valence-electron chi connectivity index (χ4n) is 3.31. The van der Waals surface area contributed by atoms with Crippen LogP contribution in [0.15, 0.2) is 84.9 Å². The standard InChI is InChI=1S/C22H20BNO/c24-13-14-25-23(21-11-9-17-5-1-3-7-19(17)15-21)22-12-10-18-6-2-4-8-20(18)16-22/h1-12,15-16H,13-14,24H2. The average molecular weight is 325 g/mol. The maximum absolute atomic E-state index is 6.14. The average Bonchev–Trinajstić information content (AvgIpc) is 2.68. The number of fused-ring (bicyclic) bond motifs is 2. The molecule has 0 radical (unpaired) electrons. The predicted molar refractivity (Wildman–Crippen MR) is 108 cm³/mol. The number of nitrogens with two attached hydrogens (primary N) is 1. The van der Waals surface area contributed by atoms with Gasteiger partial charge in [0, 0.05) is 13.2 Å². The van der Waals surface area contributed by atoms with Gasteiger partial charge in [0.15, 0.2) is 0 Å². The number of benzene rings is 4. The van der Waals surface area contributed by atoms with Crippen molar-refractivity contribution in [3.05, 3.63) is 84.9 Å². The molecule has 0 atom stereocenters. The van der Waals surface area contributed by atoms with E-state index in [1.165, 1.54) is 21.5 Å². The third kappa shape index (κ3) is 3.29. The van der Waals surface area contributed by atoms with Crippen LogP contribution in [0.3, 0.4) is 0 Å². The summed E-state index contributed by atoms with van der Waals surface area (Å²) >= 11 is 0. The molecule has 0 spiro atoms. The highest BCUT2D eigenvalue weighted by molar-refractivity contribution is 6.80. The van der Waals surface area contributed by atoms with Crippen molar-refractivity contribution < 1.29 is 4.65 Å². The van der Waals surface area contributed by atoms with E-state index in [1.807, 2.05) is 0 Å². The minimum atomic E-state index is -0.113. The zero-order chi connectivity index (χ0) is 17.1. The molecule has 0 fully saturated rings. The summed E-state index contributed by atoms with van der Waals surface area (Å²) in [6, 6.07) is 29.8. The Bertz CT molecular complexity index is 935. The molecule has 0 aliphatic heterocycles. The van der Waals surface area contributed by atoms with Crippen molar-refractivity contribution in [3.63, 3.8) is 0 Å². The van der Waals surface area contributed by atoms with E-state index in [0.29, 0.717) is 13.2 Å². The molecule has 0 saturated heterocycles. The van der Waals surface area contributed by atoms with Crippen LogP contribution in [0.25, 0.3) is 21.5 Å². The van der Waals surface area contributed by atoms with Crippen LogP contribution in [0.5, 0.6) is 0 Å². The van der Waals surface area contributed by atoms with Crippen LogP contribution in [-0.4, -0.2) is 20.1 Å². The van der Waals surface area contributed by atoms with E-state index in [-0.39, 0.29) is 6.92 Å². The van der Waals surface area contributed by atoms with E-state index < -0.39 is 0 Å². The van der Waals surface area contributed by atoms with E-state index >= 15 is 0 Å². The van der Waals surface area contributed by atoms with Crippen molar-refractivity contribution in [2.45, 2.75) is 0 Å². The second-order valence-electron chi connectivity index (χ2n) is 6.25. The van der Waals surface area contributed by atoms with Crippen molar-refractivity contribution in [2.75, 3.05) is 13.2 Å². The molecular formula is C22H20BNO. The van der Waals surface area contributed by atoms with E-state index in [4.69, 9.17) is 10.4 Å². The van der Waals surface area contributed by atoms with Gasteiger partial charge in [0.2, 0.25) is 0 Å². The van der Waals surface area contributed by atoms with Crippen LogP contribution < -0.4 is 16.7 Å². The summed E-state index contributed by atoms with van der Waals surface area (Å²) in [5.41, 5.74) is 8.00. The Hall–Kier alpha value is -2.62. The molecule has 0 saturated carbocycles. The number of hydrogen-bond donors (Lipinski definition) is 1. The summed E-state index contributed by atoms with van der Waals surface area (Å²) in [5, 5.41) is 4.92. The fourth-order valence-corrected chi connectivity index (χ4v) is 3.31. The molecule has 3 heteroatoms. The molecule has 0 unspecified atom stereocenters. The van der Waals surface area contributed by atoms with Gasteiger partial charge >= 0.3 is 6.92 Å². The molecule has 0 aliphatic rings. The quantitative estimate of drug-likeness (QED) is 0.572. The molecule has 2 nitrogen and oxygen atoms in total.